The summed E-state index contributed by atoms with van der Waals surface area (Å²) in [6.07, 6.45) is 4.76. The first-order valence-corrected chi connectivity index (χ1v) is 6.71. The molecule has 0 aromatic carbocycles. The van der Waals surface area contributed by atoms with E-state index in [1.165, 1.54) is 25.7 Å². The first-order chi connectivity index (χ1) is 7.76. The van der Waals surface area contributed by atoms with E-state index in [1.807, 2.05) is 0 Å². The van der Waals surface area contributed by atoms with E-state index in [2.05, 4.69) is 19.2 Å². The molecule has 0 spiro atoms. The highest BCUT2D eigenvalue weighted by Crippen LogP contribution is 2.35. The number of hydrogen-bond donors (Lipinski definition) is 1. The van der Waals surface area contributed by atoms with Gasteiger partial charge in [-0.2, -0.15) is 0 Å². The van der Waals surface area contributed by atoms with Crippen LogP contribution in [0.5, 0.6) is 0 Å². The third kappa shape index (κ3) is 2.58. The number of nitrogens with one attached hydrogen (secondary N) is 1. The Kier molecular flexibility index (Phi) is 4.22. The zero-order valence-corrected chi connectivity index (χ0v) is 10.6. The van der Waals surface area contributed by atoms with Gasteiger partial charge in [-0.3, -0.25) is 0 Å². The minimum absolute atomic E-state index is 0.0536. The van der Waals surface area contributed by atoms with Crippen molar-refractivity contribution < 1.29 is 9.47 Å². The summed E-state index contributed by atoms with van der Waals surface area (Å²) in [4.78, 5) is 0. The molecule has 1 N–H and O–H groups in total. The summed E-state index contributed by atoms with van der Waals surface area (Å²) in [6.45, 7) is 8.27. The van der Waals surface area contributed by atoms with Crippen molar-refractivity contribution in [1.29, 1.82) is 0 Å². The Hall–Kier alpha value is -0.120. The summed E-state index contributed by atoms with van der Waals surface area (Å²) < 4.78 is 11.5. The fraction of sp³-hybridized carbons (Fsp3) is 1.00. The lowest BCUT2D eigenvalue weighted by Crippen LogP contribution is -2.54. The number of likely N-dealkylation sites (N-methyl/N-ethyl adjacent to an activating group) is 1. The second-order valence-corrected chi connectivity index (χ2v) is 5.25. The van der Waals surface area contributed by atoms with Crippen LogP contribution in [0.4, 0.5) is 0 Å². The lowest BCUT2D eigenvalue weighted by atomic mass is 9.80. The van der Waals surface area contributed by atoms with Gasteiger partial charge in [0.15, 0.2) is 0 Å². The predicted molar refractivity (Wildman–Crippen MR) is 64.6 cm³/mol. The second-order valence-electron chi connectivity index (χ2n) is 5.25. The molecule has 2 heterocycles. The molecule has 2 aliphatic rings. The van der Waals surface area contributed by atoms with Crippen molar-refractivity contribution >= 4 is 0 Å². The van der Waals surface area contributed by atoms with Gasteiger partial charge < -0.3 is 14.8 Å². The molecule has 0 aromatic rings. The lowest BCUT2D eigenvalue weighted by molar-refractivity contribution is -0.0483. The molecule has 3 nitrogen and oxygen atoms in total. The van der Waals surface area contributed by atoms with Crippen LogP contribution in [0.3, 0.4) is 0 Å². The predicted octanol–water partition coefficient (Wildman–Crippen LogP) is 1.96. The third-order valence-corrected chi connectivity index (χ3v) is 4.07. The Morgan fingerprint density at radius 1 is 1.31 bits per heavy atom. The maximum Gasteiger partial charge on any atom is 0.0810 e. The summed E-state index contributed by atoms with van der Waals surface area (Å²) in [5.41, 5.74) is 0.0536. The Morgan fingerprint density at radius 3 is 2.62 bits per heavy atom. The fourth-order valence-corrected chi connectivity index (χ4v) is 3.20. The standard InChI is InChI=1S/C13H25NO2/c1-3-14-12(11-5-9-15-10-6-11)13(2)7-4-8-16-13/h11-12,14H,3-10H2,1-2H3. The quantitative estimate of drug-likeness (QED) is 0.796. The normalized spacial score (nSPS) is 34.1. The second kappa shape index (κ2) is 5.48. The Bertz CT molecular complexity index is 208. The Labute approximate surface area is 98.9 Å². The molecule has 16 heavy (non-hydrogen) atoms. The lowest BCUT2D eigenvalue weighted by Gasteiger charge is -2.40. The minimum atomic E-state index is 0.0536. The Balaban J connectivity index is 2.02. The van der Waals surface area contributed by atoms with Crippen LogP contribution in [0.1, 0.15) is 39.5 Å². The third-order valence-electron chi connectivity index (χ3n) is 4.07. The van der Waals surface area contributed by atoms with Gasteiger partial charge in [-0.1, -0.05) is 6.92 Å². The molecule has 2 saturated heterocycles. The van der Waals surface area contributed by atoms with Crippen LogP contribution >= 0.6 is 0 Å². The number of ether oxygens (including phenoxy) is 2. The molecule has 2 fully saturated rings. The van der Waals surface area contributed by atoms with Crippen LogP contribution in [-0.2, 0) is 9.47 Å². The smallest absolute Gasteiger partial charge is 0.0810 e. The van der Waals surface area contributed by atoms with Gasteiger partial charge in [0, 0.05) is 25.9 Å². The zero-order valence-electron chi connectivity index (χ0n) is 10.6. The van der Waals surface area contributed by atoms with Gasteiger partial charge in [0.25, 0.3) is 0 Å². The van der Waals surface area contributed by atoms with Crippen molar-refractivity contribution in [2.45, 2.75) is 51.2 Å². The molecule has 0 aliphatic carbocycles. The monoisotopic (exact) mass is 227 g/mol. The van der Waals surface area contributed by atoms with Crippen LogP contribution in [0.15, 0.2) is 0 Å². The fourth-order valence-electron chi connectivity index (χ4n) is 3.20. The molecule has 0 amide bonds. The Morgan fingerprint density at radius 2 is 2.06 bits per heavy atom. The van der Waals surface area contributed by atoms with E-state index >= 15 is 0 Å². The molecule has 2 aliphatic heterocycles. The van der Waals surface area contributed by atoms with Gasteiger partial charge in [0.05, 0.1) is 5.60 Å². The van der Waals surface area contributed by atoms with Crippen molar-refractivity contribution in [1.82, 2.24) is 5.32 Å². The van der Waals surface area contributed by atoms with Crippen LogP contribution < -0.4 is 5.32 Å². The topological polar surface area (TPSA) is 30.5 Å². The van der Waals surface area contributed by atoms with Gasteiger partial charge in [0.1, 0.15) is 0 Å². The van der Waals surface area contributed by atoms with Gasteiger partial charge in [0.2, 0.25) is 0 Å². The van der Waals surface area contributed by atoms with Gasteiger partial charge in [-0.05, 0) is 45.1 Å². The van der Waals surface area contributed by atoms with E-state index in [1.54, 1.807) is 0 Å². The van der Waals surface area contributed by atoms with Gasteiger partial charge in [-0.25, -0.2) is 0 Å². The molecule has 94 valence electrons. The van der Waals surface area contributed by atoms with Crippen molar-refractivity contribution in [3.8, 4) is 0 Å². The van der Waals surface area contributed by atoms with Crippen molar-refractivity contribution in [3.05, 3.63) is 0 Å². The van der Waals surface area contributed by atoms with E-state index in [4.69, 9.17) is 9.47 Å². The van der Waals surface area contributed by atoms with E-state index in [0.717, 1.165) is 32.3 Å². The van der Waals surface area contributed by atoms with E-state index < -0.39 is 0 Å². The maximum absolute atomic E-state index is 6.01. The van der Waals surface area contributed by atoms with Crippen molar-refractivity contribution in [2.75, 3.05) is 26.4 Å². The summed E-state index contributed by atoms with van der Waals surface area (Å²) in [6, 6.07) is 0.504. The first-order valence-electron chi connectivity index (χ1n) is 6.71. The zero-order chi connectivity index (χ0) is 11.4. The molecule has 2 atom stereocenters. The molecule has 2 rings (SSSR count). The highest BCUT2D eigenvalue weighted by molar-refractivity contribution is 4.96. The molecule has 0 bridgehead atoms. The van der Waals surface area contributed by atoms with E-state index in [-0.39, 0.29) is 5.60 Å². The van der Waals surface area contributed by atoms with Crippen LogP contribution in [0, 0.1) is 5.92 Å². The van der Waals surface area contributed by atoms with Gasteiger partial charge >= 0.3 is 0 Å². The highest BCUT2D eigenvalue weighted by Gasteiger charge is 2.42. The highest BCUT2D eigenvalue weighted by atomic mass is 16.5. The summed E-state index contributed by atoms with van der Waals surface area (Å²) >= 11 is 0. The van der Waals surface area contributed by atoms with E-state index in [0.29, 0.717) is 6.04 Å². The maximum atomic E-state index is 6.01. The molecule has 0 saturated carbocycles. The first kappa shape index (κ1) is 12.3. The van der Waals surface area contributed by atoms with Crippen LogP contribution in [0.2, 0.25) is 0 Å². The molecule has 3 heteroatoms. The van der Waals surface area contributed by atoms with Gasteiger partial charge in [-0.15, -0.1) is 0 Å². The average Bonchev–Trinajstić information content (AvgIpc) is 2.75. The molecular formula is C13H25NO2. The SMILES string of the molecule is CCNC(C1CCOCC1)C1(C)CCCO1. The van der Waals surface area contributed by atoms with Crippen molar-refractivity contribution in [2.24, 2.45) is 5.92 Å². The summed E-state index contributed by atoms with van der Waals surface area (Å²) in [7, 11) is 0. The average molecular weight is 227 g/mol. The summed E-state index contributed by atoms with van der Waals surface area (Å²) in [5.74, 6) is 0.719. The minimum Gasteiger partial charge on any atom is -0.381 e. The molecule has 0 aromatic heterocycles. The van der Waals surface area contributed by atoms with Crippen LogP contribution in [-0.4, -0.2) is 38.0 Å². The molecule has 0 radical (unpaired) electrons. The number of rotatable bonds is 4. The largest absolute Gasteiger partial charge is 0.381 e. The molecule has 2 unspecified atom stereocenters. The van der Waals surface area contributed by atoms with Crippen LogP contribution in [0.25, 0.3) is 0 Å². The van der Waals surface area contributed by atoms with E-state index in [9.17, 15) is 0 Å². The number of hydrogen-bond acceptors (Lipinski definition) is 3. The molecular weight excluding hydrogens is 202 g/mol. The van der Waals surface area contributed by atoms with Crippen molar-refractivity contribution in [3.63, 3.8) is 0 Å². The summed E-state index contributed by atoms with van der Waals surface area (Å²) in [5, 5.41) is 3.65.